The number of carbonyl (C=O) groups is 1. The summed E-state index contributed by atoms with van der Waals surface area (Å²) in [4.78, 5) is 16.2. The molecule has 0 unspecified atom stereocenters. The van der Waals surface area contributed by atoms with Crippen molar-refractivity contribution < 1.29 is 26.8 Å². The van der Waals surface area contributed by atoms with Gasteiger partial charge >= 0.3 is 0 Å². The molecule has 1 aliphatic heterocycles. The van der Waals surface area contributed by atoms with Crippen LogP contribution in [0.25, 0.3) is 11.3 Å². The Morgan fingerprint density at radius 2 is 1.89 bits per heavy atom. The first kappa shape index (κ1) is 20.8. The van der Waals surface area contributed by atoms with Crippen LogP contribution < -0.4 is 5.48 Å². The Balaban J connectivity index is 1.94. The van der Waals surface area contributed by atoms with Crippen molar-refractivity contribution in [1.29, 1.82) is 0 Å². The van der Waals surface area contributed by atoms with Crippen molar-refractivity contribution in [2.75, 3.05) is 25.9 Å². The minimum atomic E-state index is -4.18. The maximum atomic E-state index is 13.1. The van der Waals surface area contributed by atoms with Crippen molar-refractivity contribution >= 4 is 37.3 Å². The molecular formula is C15H18N4O6S3. The van der Waals surface area contributed by atoms with Crippen LogP contribution >= 0.6 is 11.3 Å². The van der Waals surface area contributed by atoms with Crippen molar-refractivity contribution in [3.8, 4) is 11.3 Å². The molecular weight excluding hydrogens is 428 g/mol. The van der Waals surface area contributed by atoms with Crippen molar-refractivity contribution in [2.45, 2.75) is 10.4 Å². The van der Waals surface area contributed by atoms with Crippen molar-refractivity contribution in [1.82, 2.24) is 19.1 Å². The van der Waals surface area contributed by atoms with E-state index in [1.807, 2.05) is 6.07 Å². The molecule has 1 saturated heterocycles. The molecule has 1 amide bonds. The number of hydrogen-bond acceptors (Lipinski definition) is 8. The molecule has 1 atom stereocenters. The second kappa shape index (κ2) is 7.85. The molecule has 10 nitrogen and oxygen atoms in total. The molecule has 2 heterocycles. The van der Waals surface area contributed by atoms with Gasteiger partial charge in [0, 0.05) is 30.6 Å². The Hall–Kier alpha value is -1.90. The number of nitrogens with zero attached hydrogens (tertiary/aromatic N) is 3. The number of carbonyl (C=O) groups excluding carboxylic acids is 1. The van der Waals surface area contributed by atoms with Crippen LogP contribution in [0.2, 0.25) is 0 Å². The van der Waals surface area contributed by atoms with Crippen LogP contribution in [0.4, 0.5) is 0 Å². The first-order valence-corrected chi connectivity index (χ1v) is 12.2. The fourth-order valence-corrected chi connectivity index (χ4v) is 6.37. The highest BCUT2D eigenvalue weighted by Gasteiger charge is 2.43. The van der Waals surface area contributed by atoms with E-state index >= 15 is 0 Å². The lowest BCUT2D eigenvalue weighted by Gasteiger charge is -2.37. The average molecular weight is 447 g/mol. The fraction of sp³-hybridized carbons (Fsp3) is 0.333. The maximum absolute atomic E-state index is 13.1. The van der Waals surface area contributed by atoms with E-state index in [2.05, 4.69) is 4.98 Å². The second-order valence-electron chi connectivity index (χ2n) is 6.09. The lowest BCUT2D eigenvalue weighted by molar-refractivity contribution is -0.134. The number of amides is 1. The predicted octanol–water partition coefficient (Wildman–Crippen LogP) is -0.0500. The highest BCUT2D eigenvalue weighted by atomic mass is 32.2. The van der Waals surface area contributed by atoms with Crippen LogP contribution in [0.3, 0.4) is 0 Å². The third-order valence-corrected chi connectivity index (χ3v) is 8.67. The van der Waals surface area contributed by atoms with E-state index in [0.717, 1.165) is 31.8 Å². The van der Waals surface area contributed by atoms with Gasteiger partial charge in [-0.1, -0.05) is 30.3 Å². The summed E-state index contributed by atoms with van der Waals surface area (Å²) in [6, 6.07) is 7.59. The van der Waals surface area contributed by atoms with Crippen molar-refractivity contribution in [3.05, 3.63) is 35.7 Å². The van der Waals surface area contributed by atoms with Gasteiger partial charge in [0.25, 0.3) is 15.9 Å². The second-order valence-corrected chi connectivity index (χ2v) is 11.0. The Labute approximate surface area is 166 Å². The van der Waals surface area contributed by atoms with E-state index in [-0.39, 0.29) is 17.4 Å². The lowest BCUT2D eigenvalue weighted by atomic mass is 10.2. The van der Waals surface area contributed by atoms with E-state index in [9.17, 15) is 21.6 Å². The molecule has 0 bridgehead atoms. The molecule has 152 valence electrons. The first-order valence-electron chi connectivity index (χ1n) is 8.06. The van der Waals surface area contributed by atoms with Gasteiger partial charge < -0.3 is 0 Å². The standard InChI is InChI=1S/C15H18N4O6S3/c1-27(22,23)18-7-8-19(13(9-18)14(20)17-21)28(24,25)15-16-12(10-26-15)11-5-3-2-4-6-11/h2-6,10,13,21H,7-9H2,1H3,(H,17,20)/t13-/m1/s1. The van der Waals surface area contributed by atoms with Crippen LogP contribution in [0.1, 0.15) is 0 Å². The van der Waals surface area contributed by atoms with E-state index in [1.165, 1.54) is 5.48 Å². The number of sulfonamides is 2. The van der Waals surface area contributed by atoms with Crippen LogP contribution in [0, 0.1) is 0 Å². The van der Waals surface area contributed by atoms with Crippen LogP contribution in [0.5, 0.6) is 0 Å². The Bertz CT molecular complexity index is 1070. The summed E-state index contributed by atoms with van der Waals surface area (Å²) in [5, 5.41) is 10.6. The topological polar surface area (TPSA) is 137 Å². The number of thiazole rings is 1. The molecule has 2 N–H and O–H groups in total. The van der Waals surface area contributed by atoms with Gasteiger partial charge in [-0.3, -0.25) is 10.0 Å². The van der Waals surface area contributed by atoms with Gasteiger partial charge in [0.1, 0.15) is 6.04 Å². The molecule has 0 aliphatic carbocycles. The largest absolute Gasteiger partial charge is 0.289 e. The minimum Gasteiger partial charge on any atom is -0.289 e. The molecule has 3 rings (SSSR count). The molecule has 28 heavy (non-hydrogen) atoms. The zero-order valence-electron chi connectivity index (χ0n) is 14.7. The molecule has 0 saturated carbocycles. The highest BCUT2D eigenvalue weighted by Crippen LogP contribution is 2.28. The summed E-state index contributed by atoms with van der Waals surface area (Å²) in [5.74, 6) is -1.02. The SMILES string of the molecule is CS(=O)(=O)N1CCN(S(=O)(=O)c2nc(-c3ccccc3)cs2)[C@@H](C(=O)NO)C1. The van der Waals surface area contributed by atoms with Gasteiger partial charge in [-0.05, 0) is 0 Å². The Kier molecular flexibility index (Phi) is 5.84. The quantitative estimate of drug-likeness (QED) is 0.485. The molecule has 0 radical (unpaired) electrons. The zero-order chi connectivity index (χ0) is 20.5. The maximum Gasteiger partial charge on any atom is 0.271 e. The van der Waals surface area contributed by atoms with E-state index < -0.39 is 38.5 Å². The van der Waals surface area contributed by atoms with Gasteiger partial charge in [-0.2, -0.15) is 8.61 Å². The van der Waals surface area contributed by atoms with E-state index in [0.29, 0.717) is 5.69 Å². The van der Waals surface area contributed by atoms with Crippen molar-refractivity contribution in [3.63, 3.8) is 0 Å². The van der Waals surface area contributed by atoms with Gasteiger partial charge in [0.2, 0.25) is 14.4 Å². The molecule has 13 heteroatoms. The number of hydroxylamine groups is 1. The van der Waals surface area contributed by atoms with Gasteiger partial charge in [-0.15, -0.1) is 11.3 Å². The number of hydrogen-bond donors (Lipinski definition) is 2. The smallest absolute Gasteiger partial charge is 0.271 e. The minimum absolute atomic E-state index is 0.107. The van der Waals surface area contributed by atoms with Gasteiger partial charge in [0.05, 0.1) is 11.9 Å². The number of nitrogens with one attached hydrogen (secondary N) is 1. The number of aromatic nitrogens is 1. The predicted molar refractivity (Wildman–Crippen MR) is 102 cm³/mol. The van der Waals surface area contributed by atoms with Crippen LogP contribution in [-0.2, 0) is 24.8 Å². The monoisotopic (exact) mass is 446 g/mol. The van der Waals surface area contributed by atoms with E-state index in [1.54, 1.807) is 29.6 Å². The Morgan fingerprint density at radius 3 is 2.50 bits per heavy atom. The number of piperazine rings is 1. The third kappa shape index (κ3) is 4.09. The summed E-state index contributed by atoms with van der Waals surface area (Å²) >= 11 is 0.906. The molecule has 1 fully saturated rings. The average Bonchev–Trinajstić information content (AvgIpc) is 3.18. The molecule has 1 aromatic heterocycles. The summed E-state index contributed by atoms with van der Waals surface area (Å²) in [5.41, 5.74) is 2.62. The highest BCUT2D eigenvalue weighted by molar-refractivity contribution is 7.91. The zero-order valence-corrected chi connectivity index (χ0v) is 17.2. The number of rotatable bonds is 5. The Morgan fingerprint density at radius 1 is 1.21 bits per heavy atom. The molecule has 1 aromatic carbocycles. The van der Waals surface area contributed by atoms with Gasteiger partial charge in [-0.25, -0.2) is 27.3 Å². The molecule has 0 spiro atoms. The normalized spacial score (nSPS) is 19.4. The first-order chi connectivity index (χ1) is 13.1. The summed E-state index contributed by atoms with van der Waals surface area (Å²) in [7, 11) is -7.80. The molecule has 1 aliphatic rings. The summed E-state index contributed by atoms with van der Waals surface area (Å²) < 4.78 is 51.3. The summed E-state index contributed by atoms with van der Waals surface area (Å²) in [6.45, 7) is -0.751. The summed E-state index contributed by atoms with van der Waals surface area (Å²) in [6.07, 6.45) is 0.970. The third-order valence-electron chi connectivity index (χ3n) is 4.26. The fourth-order valence-electron chi connectivity index (χ4n) is 2.84. The van der Waals surface area contributed by atoms with Crippen LogP contribution in [-0.4, -0.2) is 73.5 Å². The van der Waals surface area contributed by atoms with Gasteiger partial charge in [0.15, 0.2) is 0 Å². The molecule has 2 aromatic rings. The lowest BCUT2D eigenvalue weighted by Crippen LogP contribution is -2.60. The van der Waals surface area contributed by atoms with Crippen LogP contribution in [0.15, 0.2) is 40.1 Å². The number of benzene rings is 1. The van der Waals surface area contributed by atoms with Crippen molar-refractivity contribution in [2.24, 2.45) is 0 Å². The van der Waals surface area contributed by atoms with E-state index in [4.69, 9.17) is 5.21 Å².